The Morgan fingerprint density at radius 2 is 2.29 bits per heavy atom. The highest BCUT2D eigenvalue weighted by molar-refractivity contribution is 5.33. The summed E-state index contributed by atoms with van der Waals surface area (Å²) in [6.45, 7) is 3.38. The lowest BCUT2D eigenvalue weighted by Gasteiger charge is -2.25. The molecular weight excluding hydrogens is 174 g/mol. The normalized spacial score (nSPS) is 26.4. The fourth-order valence-corrected chi connectivity index (χ4v) is 2.11. The molecule has 0 spiro atoms. The van der Waals surface area contributed by atoms with Crippen LogP contribution in [-0.2, 0) is 5.54 Å². The first-order valence-corrected chi connectivity index (χ1v) is 5.14. The Bertz CT molecular complexity index is 316. The predicted molar refractivity (Wildman–Crippen MR) is 57.6 cm³/mol. The van der Waals surface area contributed by atoms with Crippen molar-refractivity contribution in [3.05, 3.63) is 29.8 Å². The number of benzene rings is 1. The number of rotatable bonds is 2. The Balaban J connectivity index is 2.30. The molecule has 1 heterocycles. The maximum absolute atomic E-state index is 5.23. The summed E-state index contributed by atoms with van der Waals surface area (Å²) in [5, 5.41) is 3.55. The third-order valence-corrected chi connectivity index (χ3v) is 3.08. The summed E-state index contributed by atoms with van der Waals surface area (Å²) in [5.74, 6) is 0.942. The van der Waals surface area contributed by atoms with Gasteiger partial charge in [-0.1, -0.05) is 12.1 Å². The molecule has 0 bridgehead atoms. The van der Waals surface area contributed by atoms with Crippen LogP contribution in [0.2, 0.25) is 0 Å². The zero-order valence-corrected chi connectivity index (χ0v) is 8.84. The second-order valence-corrected chi connectivity index (χ2v) is 4.09. The van der Waals surface area contributed by atoms with E-state index in [4.69, 9.17) is 4.74 Å². The van der Waals surface area contributed by atoms with E-state index in [1.165, 1.54) is 18.4 Å². The van der Waals surface area contributed by atoms with Gasteiger partial charge in [0, 0.05) is 5.54 Å². The van der Waals surface area contributed by atoms with Gasteiger partial charge in [0.2, 0.25) is 0 Å². The van der Waals surface area contributed by atoms with Crippen LogP contribution in [0.4, 0.5) is 0 Å². The summed E-state index contributed by atoms with van der Waals surface area (Å²) in [6, 6.07) is 8.33. The van der Waals surface area contributed by atoms with Gasteiger partial charge in [-0.15, -0.1) is 0 Å². The minimum atomic E-state index is 0.147. The number of hydrogen-bond acceptors (Lipinski definition) is 2. The van der Waals surface area contributed by atoms with Crippen LogP contribution >= 0.6 is 0 Å². The predicted octanol–water partition coefficient (Wildman–Crippen LogP) is 2.29. The van der Waals surface area contributed by atoms with Crippen molar-refractivity contribution in [3.8, 4) is 5.75 Å². The molecule has 0 amide bonds. The molecular formula is C12H17NO. The quantitative estimate of drug-likeness (QED) is 0.774. The van der Waals surface area contributed by atoms with Crippen LogP contribution in [0.3, 0.4) is 0 Å². The summed E-state index contributed by atoms with van der Waals surface area (Å²) in [4.78, 5) is 0. The Morgan fingerprint density at radius 3 is 2.93 bits per heavy atom. The van der Waals surface area contributed by atoms with E-state index in [-0.39, 0.29) is 5.54 Å². The molecule has 1 fully saturated rings. The molecule has 0 aromatic heterocycles. The fraction of sp³-hybridized carbons (Fsp3) is 0.500. The average Bonchev–Trinajstić information content (AvgIpc) is 2.67. The Morgan fingerprint density at radius 1 is 1.43 bits per heavy atom. The first-order valence-electron chi connectivity index (χ1n) is 5.14. The van der Waals surface area contributed by atoms with Gasteiger partial charge in [0.15, 0.2) is 0 Å². The molecule has 2 nitrogen and oxygen atoms in total. The van der Waals surface area contributed by atoms with E-state index < -0.39 is 0 Å². The molecule has 0 aliphatic carbocycles. The molecule has 1 aromatic carbocycles. The molecule has 0 saturated carbocycles. The van der Waals surface area contributed by atoms with Gasteiger partial charge in [0.05, 0.1) is 7.11 Å². The van der Waals surface area contributed by atoms with E-state index in [0.29, 0.717) is 0 Å². The zero-order valence-electron chi connectivity index (χ0n) is 8.84. The van der Waals surface area contributed by atoms with Gasteiger partial charge in [-0.2, -0.15) is 0 Å². The van der Waals surface area contributed by atoms with Crippen molar-refractivity contribution in [2.75, 3.05) is 13.7 Å². The molecule has 1 aromatic rings. The van der Waals surface area contributed by atoms with E-state index in [0.717, 1.165) is 12.3 Å². The molecule has 76 valence electrons. The van der Waals surface area contributed by atoms with Crippen LogP contribution in [-0.4, -0.2) is 13.7 Å². The molecule has 1 N–H and O–H groups in total. The third kappa shape index (κ3) is 1.62. The van der Waals surface area contributed by atoms with Gasteiger partial charge in [0.1, 0.15) is 5.75 Å². The van der Waals surface area contributed by atoms with Crippen LogP contribution in [0, 0.1) is 0 Å². The summed E-state index contributed by atoms with van der Waals surface area (Å²) < 4.78 is 5.23. The van der Waals surface area contributed by atoms with Crippen molar-refractivity contribution < 1.29 is 4.74 Å². The van der Waals surface area contributed by atoms with Gasteiger partial charge < -0.3 is 10.1 Å². The van der Waals surface area contributed by atoms with Crippen molar-refractivity contribution in [2.45, 2.75) is 25.3 Å². The van der Waals surface area contributed by atoms with Gasteiger partial charge in [-0.05, 0) is 44.0 Å². The summed E-state index contributed by atoms with van der Waals surface area (Å²) in [7, 11) is 1.71. The number of ether oxygens (including phenoxy) is 1. The van der Waals surface area contributed by atoms with Crippen LogP contribution in [0.15, 0.2) is 24.3 Å². The van der Waals surface area contributed by atoms with Crippen LogP contribution in [0.1, 0.15) is 25.3 Å². The van der Waals surface area contributed by atoms with Crippen LogP contribution < -0.4 is 10.1 Å². The lowest BCUT2D eigenvalue weighted by Crippen LogP contribution is -2.32. The Kier molecular flexibility index (Phi) is 2.46. The van der Waals surface area contributed by atoms with E-state index >= 15 is 0 Å². The molecule has 1 atom stereocenters. The van der Waals surface area contributed by atoms with Gasteiger partial charge in [-0.25, -0.2) is 0 Å². The average molecular weight is 191 g/mol. The van der Waals surface area contributed by atoms with Gasteiger partial charge in [-0.3, -0.25) is 0 Å². The Labute approximate surface area is 85.3 Å². The molecule has 14 heavy (non-hydrogen) atoms. The smallest absolute Gasteiger partial charge is 0.119 e. The standard InChI is InChI=1S/C12H17NO/c1-12(7-4-8-13-12)10-5-3-6-11(9-10)14-2/h3,5-6,9,13H,4,7-8H2,1-2H3. The van der Waals surface area contributed by atoms with Crippen LogP contribution in [0.5, 0.6) is 5.75 Å². The van der Waals surface area contributed by atoms with Crippen LogP contribution in [0.25, 0.3) is 0 Å². The maximum atomic E-state index is 5.23. The van der Waals surface area contributed by atoms with Crippen molar-refractivity contribution in [3.63, 3.8) is 0 Å². The molecule has 1 aliphatic rings. The monoisotopic (exact) mass is 191 g/mol. The molecule has 1 aliphatic heterocycles. The van der Waals surface area contributed by atoms with Gasteiger partial charge >= 0.3 is 0 Å². The lowest BCUT2D eigenvalue weighted by molar-refractivity contribution is 0.404. The largest absolute Gasteiger partial charge is 0.497 e. The molecule has 0 radical (unpaired) electrons. The van der Waals surface area contributed by atoms with Crippen molar-refractivity contribution in [2.24, 2.45) is 0 Å². The van der Waals surface area contributed by atoms with Gasteiger partial charge in [0.25, 0.3) is 0 Å². The minimum absolute atomic E-state index is 0.147. The van der Waals surface area contributed by atoms with Crippen molar-refractivity contribution >= 4 is 0 Å². The highest BCUT2D eigenvalue weighted by atomic mass is 16.5. The lowest BCUT2D eigenvalue weighted by atomic mass is 9.90. The number of hydrogen-bond donors (Lipinski definition) is 1. The first-order chi connectivity index (χ1) is 6.74. The van der Waals surface area contributed by atoms with Crippen molar-refractivity contribution in [1.29, 1.82) is 0 Å². The Hall–Kier alpha value is -1.02. The SMILES string of the molecule is COc1cccc(C2(C)CCCN2)c1. The number of methoxy groups -OCH3 is 1. The third-order valence-electron chi connectivity index (χ3n) is 3.08. The summed E-state index contributed by atoms with van der Waals surface area (Å²) >= 11 is 0. The van der Waals surface area contributed by atoms with E-state index in [1.807, 2.05) is 6.07 Å². The molecule has 2 rings (SSSR count). The van der Waals surface area contributed by atoms with E-state index in [1.54, 1.807) is 7.11 Å². The number of nitrogens with one attached hydrogen (secondary N) is 1. The van der Waals surface area contributed by atoms with E-state index in [9.17, 15) is 0 Å². The van der Waals surface area contributed by atoms with Crippen molar-refractivity contribution in [1.82, 2.24) is 5.32 Å². The molecule has 1 saturated heterocycles. The second-order valence-electron chi connectivity index (χ2n) is 4.09. The highest BCUT2D eigenvalue weighted by Gasteiger charge is 2.29. The second kappa shape index (κ2) is 3.62. The fourth-order valence-electron chi connectivity index (χ4n) is 2.11. The maximum Gasteiger partial charge on any atom is 0.119 e. The zero-order chi connectivity index (χ0) is 10.0. The highest BCUT2D eigenvalue weighted by Crippen LogP contribution is 2.31. The topological polar surface area (TPSA) is 21.3 Å². The molecule has 1 unspecified atom stereocenters. The summed E-state index contributed by atoms with van der Waals surface area (Å²) in [6.07, 6.45) is 2.47. The molecule has 2 heteroatoms. The first kappa shape index (κ1) is 9.53. The minimum Gasteiger partial charge on any atom is -0.497 e. The summed E-state index contributed by atoms with van der Waals surface area (Å²) in [5.41, 5.74) is 1.48. The van der Waals surface area contributed by atoms with E-state index in [2.05, 4.69) is 30.4 Å².